The van der Waals surface area contributed by atoms with Gasteiger partial charge in [0.25, 0.3) is 0 Å². The Morgan fingerprint density at radius 2 is 1.74 bits per heavy atom. The molecule has 0 aliphatic heterocycles. The maximum absolute atomic E-state index is 6.38. The van der Waals surface area contributed by atoms with E-state index in [1.54, 1.807) is 6.07 Å². The fraction of sp³-hybridized carbons (Fsp3) is 0.522. The molecular formula is C23H31Cl4N7. The van der Waals surface area contributed by atoms with E-state index in [1.807, 2.05) is 18.5 Å². The van der Waals surface area contributed by atoms with E-state index in [2.05, 4.69) is 20.2 Å². The van der Waals surface area contributed by atoms with E-state index in [1.165, 1.54) is 25.7 Å². The van der Waals surface area contributed by atoms with E-state index in [0.29, 0.717) is 46.5 Å². The Balaban J connectivity index is 0.00000162. The number of benzene rings is 1. The van der Waals surface area contributed by atoms with Crippen LogP contribution in [0, 0.1) is 0 Å². The van der Waals surface area contributed by atoms with Gasteiger partial charge in [-0.3, -0.25) is 0 Å². The Bertz CT molecular complexity index is 1090. The lowest BCUT2D eigenvalue weighted by Crippen LogP contribution is -2.33. The number of aromatic nitrogens is 4. The van der Waals surface area contributed by atoms with Gasteiger partial charge in [-0.25, -0.2) is 4.98 Å². The van der Waals surface area contributed by atoms with E-state index in [9.17, 15) is 0 Å². The third-order valence-corrected chi connectivity index (χ3v) is 7.29. The molecule has 3 aromatic rings. The highest BCUT2D eigenvalue weighted by molar-refractivity contribution is 6.35. The van der Waals surface area contributed by atoms with Gasteiger partial charge in [0.1, 0.15) is 0 Å². The standard InChI is InChI=1S/C23H29Cl2N7.2ClH/c24-15-6-5-14(19(25)11-15)12-27-21-20-22(32(13-28-20)18-3-1-2-4-18)31-23(30-21)29-17-9-7-16(26)8-10-17;;/h5-6,11,13,16-18H,1-4,7-10,12,26H2,(H2,27,29,30,31);2*1H/t16-,17-;;. The summed E-state index contributed by atoms with van der Waals surface area (Å²) in [7, 11) is 0. The molecule has 2 heterocycles. The molecule has 2 saturated carbocycles. The van der Waals surface area contributed by atoms with Crippen LogP contribution in [-0.4, -0.2) is 31.6 Å². The summed E-state index contributed by atoms with van der Waals surface area (Å²) in [6.45, 7) is 0.524. The second-order valence-corrected chi connectivity index (χ2v) is 9.85. The molecule has 2 aliphatic rings. The average molecular weight is 547 g/mol. The molecule has 34 heavy (non-hydrogen) atoms. The first kappa shape index (κ1) is 27.1. The molecule has 4 N–H and O–H groups in total. The summed E-state index contributed by atoms with van der Waals surface area (Å²) < 4.78 is 2.23. The third-order valence-electron chi connectivity index (χ3n) is 6.71. The number of anilines is 2. The molecular weight excluding hydrogens is 516 g/mol. The van der Waals surface area contributed by atoms with Crippen molar-refractivity contribution in [3.8, 4) is 0 Å². The summed E-state index contributed by atoms with van der Waals surface area (Å²) in [5.41, 5.74) is 8.71. The van der Waals surface area contributed by atoms with Crippen molar-refractivity contribution in [2.24, 2.45) is 5.73 Å². The average Bonchev–Trinajstić information content (AvgIpc) is 3.44. The first-order chi connectivity index (χ1) is 15.6. The van der Waals surface area contributed by atoms with Crippen molar-refractivity contribution in [2.45, 2.75) is 76.0 Å². The van der Waals surface area contributed by atoms with E-state index in [0.717, 1.165) is 42.4 Å². The monoisotopic (exact) mass is 545 g/mol. The Morgan fingerprint density at radius 1 is 1.00 bits per heavy atom. The van der Waals surface area contributed by atoms with E-state index in [4.69, 9.17) is 38.9 Å². The van der Waals surface area contributed by atoms with Crippen LogP contribution in [0.25, 0.3) is 11.2 Å². The van der Waals surface area contributed by atoms with Crippen LogP contribution in [0.15, 0.2) is 24.5 Å². The SMILES string of the molecule is Cl.Cl.N[C@H]1CC[C@H](Nc2nc(NCc3ccc(Cl)cc3Cl)c3ncn(C4CCCC4)c3n2)CC1. The molecule has 11 heteroatoms. The van der Waals surface area contributed by atoms with Gasteiger partial charge in [0.15, 0.2) is 17.0 Å². The smallest absolute Gasteiger partial charge is 0.227 e. The number of nitrogens with two attached hydrogens (primary N) is 1. The normalized spacial score (nSPS) is 20.6. The van der Waals surface area contributed by atoms with Crippen molar-refractivity contribution in [3.05, 3.63) is 40.1 Å². The highest BCUT2D eigenvalue weighted by Crippen LogP contribution is 2.33. The molecule has 2 aromatic heterocycles. The molecule has 2 aliphatic carbocycles. The van der Waals surface area contributed by atoms with E-state index in [-0.39, 0.29) is 24.8 Å². The number of hydrogen-bond donors (Lipinski definition) is 3. The molecule has 0 atom stereocenters. The fourth-order valence-electron chi connectivity index (χ4n) is 4.84. The van der Waals surface area contributed by atoms with Crippen LogP contribution in [0.5, 0.6) is 0 Å². The van der Waals surface area contributed by atoms with Crippen molar-refractivity contribution in [1.29, 1.82) is 0 Å². The zero-order chi connectivity index (χ0) is 22.1. The highest BCUT2D eigenvalue weighted by Gasteiger charge is 2.24. The van der Waals surface area contributed by atoms with Crippen molar-refractivity contribution in [3.63, 3.8) is 0 Å². The van der Waals surface area contributed by atoms with Crippen LogP contribution in [0.3, 0.4) is 0 Å². The highest BCUT2D eigenvalue weighted by atomic mass is 35.5. The Kier molecular flexibility index (Phi) is 9.52. The van der Waals surface area contributed by atoms with Gasteiger partial charge in [0.2, 0.25) is 5.95 Å². The minimum Gasteiger partial charge on any atom is -0.364 e. The maximum Gasteiger partial charge on any atom is 0.227 e. The quantitative estimate of drug-likeness (QED) is 0.332. The molecule has 186 valence electrons. The zero-order valence-electron chi connectivity index (χ0n) is 18.8. The van der Waals surface area contributed by atoms with E-state index >= 15 is 0 Å². The number of hydrogen-bond acceptors (Lipinski definition) is 6. The molecule has 5 rings (SSSR count). The number of rotatable bonds is 6. The first-order valence-electron chi connectivity index (χ1n) is 11.5. The van der Waals surface area contributed by atoms with Gasteiger partial charge in [0.05, 0.1) is 6.33 Å². The van der Waals surface area contributed by atoms with Gasteiger partial charge in [-0.05, 0) is 56.2 Å². The van der Waals surface area contributed by atoms with E-state index < -0.39 is 0 Å². The van der Waals surface area contributed by atoms with Crippen LogP contribution >= 0.6 is 48.0 Å². The summed E-state index contributed by atoms with van der Waals surface area (Å²) in [5.74, 6) is 1.36. The molecule has 1 aromatic carbocycles. The molecule has 7 nitrogen and oxygen atoms in total. The van der Waals surface area contributed by atoms with Gasteiger partial charge >= 0.3 is 0 Å². The van der Waals surface area contributed by atoms with Gasteiger partial charge in [-0.2, -0.15) is 9.97 Å². The number of nitrogens with one attached hydrogen (secondary N) is 2. The van der Waals surface area contributed by atoms with Crippen molar-refractivity contribution in [2.75, 3.05) is 10.6 Å². The van der Waals surface area contributed by atoms with Crippen LogP contribution in [0.4, 0.5) is 11.8 Å². The maximum atomic E-state index is 6.38. The fourth-order valence-corrected chi connectivity index (χ4v) is 5.32. The van der Waals surface area contributed by atoms with Gasteiger partial charge in [-0.1, -0.05) is 42.1 Å². The number of imidazole rings is 1. The number of halogens is 4. The summed E-state index contributed by atoms with van der Waals surface area (Å²) in [4.78, 5) is 14.4. The molecule has 0 spiro atoms. The van der Waals surface area contributed by atoms with Gasteiger partial charge in [0, 0.05) is 34.7 Å². The van der Waals surface area contributed by atoms with Crippen LogP contribution in [-0.2, 0) is 6.54 Å². The first-order valence-corrected chi connectivity index (χ1v) is 12.3. The zero-order valence-corrected chi connectivity index (χ0v) is 22.0. The molecule has 0 amide bonds. The van der Waals surface area contributed by atoms with Crippen molar-refractivity contribution < 1.29 is 0 Å². The van der Waals surface area contributed by atoms with Crippen LogP contribution < -0.4 is 16.4 Å². The van der Waals surface area contributed by atoms with Crippen molar-refractivity contribution in [1.82, 2.24) is 19.5 Å². The molecule has 2 fully saturated rings. The largest absolute Gasteiger partial charge is 0.364 e. The Morgan fingerprint density at radius 3 is 2.44 bits per heavy atom. The predicted molar refractivity (Wildman–Crippen MR) is 145 cm³/mol. The van der Waals surface area contributed by atoms with Gasteiger partial charge < -0.3 is 20.9 Å². The second-order valence-electron chi connectivity index (χ2n) is 9.00. The molecule has 0 bridgehead atoms. The molecule has 0 saturated heterocycles. The third kappa shape index (κ3) is 6.00. The summed E-state index contributed by atoms with van der Waals surface area (Å²) in [6.07, 6.45) is 10.9. The van der Waals surface area contributed by atoms with Crippen LogP contribution in [0.2, 0.25) is 10.0 Å². The summed E-state index contributed by atoms with van der Waals surface area (Å²) >= 11 is 12.4. The Labute approximate surface area is 222 Å². The van der Waals surface area contributed by atoms with Crippen LogP contribution in [0.1, 0.15) is 63.0 Å². The Hall–Kier alpha value is -1.51. The van der Waals surface area contributed by atoms with Gasteiger partial charge in [-0.15, -0.1) is 24.8 Å². The summed E-state index contributed by atoms with van der Waals surface area (Å²) in [6, 6.07) is 6.63. The lowest BCUT2D eigenvalue weighted by molar-refractivity contribution is 0.410. The lowest BCUT2D eigenvalue weighted by atomic mass is 9.92. The van der Waals surface area contributed by atoms with Crippen molar-refractivity contribution >= 4 is 70.9 Å². The predicted octanol–water partition coefficient (Wildman–Crippen LogP) is 6.39. The lowest BCUT2D eigenvalue weighted by Gasteiger charge is -2.27. The molecule has 0 radical (unpaired) electrons. The minimum atomic E-state index is 0. The number of fused-ring (bicyclic) bond motifs is 1. The summed E-state index contributed by atoms with van der Waals surface area (Å²) in [5, 5.41) is 8.25. The molecule has 0 unspecified atom stereocenters. The minimum absolute atomic E-state index is 0. The second kappa shape index (κ2) is 12.0. The number of nitrogens with zero attached hydrogens (tertiary/aromatic N) is 4. The topological polar surface area (TPSA) is 93.7 Å².